The summed E-state index contributed by atoms with van der Waals surface area (Å²) in [6.07, 6.45) is 22.8. The van der Waals surface area contributed by atoms with E-state index in [9.17, 15) is 0 Å². The van der Waals surface area contributed by atoms with Crippen LogP contribution in [0.2, 0.25) is 0 Å². The lowest BCUT2D eigenvalue weighted by molar-refractivity contribution is 0.253. The first kappa shape index (κ1) is 30.8. The molecule has 5 aromatic carbocycles. The van der Waals surface area contributed by atoms with E-state index in [1.54, 1.807) is 0 Å². The molecule has 0 bridgehead atoms. The van der Waals surface area contributed by atoms with Gasteiger partial charge in [-0.15, -0.1) is 0 Å². The van der Waals surface area contributed by atoms with E-state index in [0.29, 0.717) is 6.61 Å². The Labute approximate surface area is 305 Å². The molecule has 0 saturated carbocycles. The molecule has 10 rings (SSSR count). The third-order valence-corrected chi connectivity index (χ3v) is 11.1. The minimum Gasteiger partial charge on any atom is -0.491 e. The number of fused-ring (bicyclic) bond motifs is 6. The van der Waals surface area contributed by atoms with Crippen molar-refractivity contribution in [2.45, 2.75) is 44.1 Å². The highest BCUT2D eigenvalue weighted by molar-refractivity contribution is 5.81. The summed E-state index contributed by atoms with van der Waals surface area (Å²) in [6.45, 7) is 0.641. The summed E-state index contributed by atoms with van der Waals surface area (Å²) in [5.74, 6) is 2.09. The van der Waals surface area contributed by atoms with Crippen LogP contribution in [0.5, 0.6) is 11.5 Å². The number of hydrogen-bond acceptors (Lipinski definition) is 4. The molecule has 0 N–H and O–H groups in total. The third-order valence-electron chi connectivity index (χ3n) is 11.1. The van der Waals surface area contributed by atoms with Gasteiger partial charge in [-0.25, -0.2) is 0 Å². The first-order valence-corrected chi connectivity index (χ1v) is 18.6. The van der Waals surface area contributed by atoms with Crippen LogP contribution in [0.25, 0.3) is 17.2 Å². The maximum Gasteiger partial charge on any atom is 0.149 e. The molecule has 254 valence electrons. The van der Waals surface area contributed by atoms with Crippen LogP contribution in [0.3, 0.4) is 0 Å². The summed E-state index contributed by atoms with van der Waals surface area (Å²) < 4.78 is 13.1. The second-order valence-electron chi connectivity index (χ2n) is 14.1. The van der Waals surface area contributed by atoms with Crippen molar-refractivity contribution in [1.29, 1.82) is 0 Å². The Balaban J connectivity index is 1.04. The highest BCUT2D eigenvalue weighted by Crippen LogP contribution is 2.48. The molecule has 52 heavy (non-hydrogen) atoms. The van der Waals surface area contributed by atoms with Crippen LogP contribution in [0.4, 0.5) is 22.7 Å². The third kappa shape index (κ3) is 5.29. The van der Waals surface area contributed by atoms with Gasteiger partial charge in [0.25, 0.3) is 0 Å². The van der Waals surface area contributed by atoms with Crippen molar-refractivity contribution in [2.24, 2.45) is 0 Å². The lowest BCUT2D eigenvalue weighted by Crippen LogP contribution is -2.33. The number of benzene rings is 5. The predicted octanol–water partition coefficient (Wildman–Crippen LogP) is 11.8. The number of allylic oxidation sites excluding steroid dienone is 7. The highest BCUT2D eigenvalue weighted by Gasteiger charge is 2.39. The molecule has 2 unspecified atom stereocenters. The maximum absolute atomic E-state index is 6.73. The summed E-state index contributed by atoms with van der Waals surface area (Å²) in [7, 11) is 0. The molecular formula is C48H40N2O2. The number of nitrogens with zero attached hydrogens (tertiary/aromatic N) is 2. The molecule has 2 heterocycles. The number of hydrogen-bond donors (Lipinski definition) is 0. The van der Waals surface area contributed by atoms with Gasteiger partial charge in [0.05, 0.1) is 18.0 Å². The van der Waals surface area contributed by atoms with Crippen LogP contribution >= 0.6 is 0 Å². The average molecular weight is 677 g/mol. The SMILES string of the molecule is C1=CCCC(N2c3ccc(-c4ccc(N(C5=CC=CC6c7ccccc7OC56)c5cccc6c5CCC=C6)cc4)cc3CCOc3ccccc32)=C1. The largest absolute Gasteiger partial charge is 0.491 e. The van der Waals surface area contributed by atoms with Crippen LogP contribution in [-0.2, 0) is 12.8 Å². The Hall–Kier alpha value is -6.00. The van der Waals surface area contributed by atoms with Gasteiger partial charge in [-0.3, -0.25) is 0 Å². The maximum atomic E-state index is 6.73. The zero-order valence-corrected chi connectivity index (χ0v) is 29.1. The van der Waals surface area contributed by atoms with Gasteiger partial charge in [0.2, 0.25) is 0 Å². The van der Waals surface area contributed by atoms with Crippen LogP contribution < -0.4 is 19.3 Å². The van der Waals surface area contributed by atoms with Gasteiger partial charge in [-0.05, 0) is 114 Å². The molecule has 5 aliphatic rings. The molecule has 0 fully saturated rings. The molecule has 0 spiro atoms. The molecule has 0 aromatic heterocycles. The van der Waals surface area contributed by atoms with Gasteiger partial charge >= 0.3 is 0 Å². The van der Waals surface area contributed by atoms with Crippen molar-refractivity contribution in [3.8, 4) is 22.6 Å². The molecule has 3 aliphatic carbocycles. The van der Waals surface area contributed by atoms with Crippen molar-refractivity contribution < 1.29 is 9.47 Å². The predicted molar refractivity (Wildman–Crippen MR) is 213 cm³/mol. The molecule has 0 radical (unpaired) electrons. The number of para-hydroxylation sites is 3. The Kier molecular flexibility index (Phi) is 7.67. The van der Waals surface area contributed by atoms with E-state index >= 15 is 0 Å². The van der Waals surface area contributed by atoms with Gasteiger partial charge in [0, 0.05) is 40.7 Å². The Morgan fingerprint density at radius 2 is 1.52 bits per heavy atom. The van der Waals surface area contributed by atoms with Crippen LogP contribution in [0.15, 0.2) is 163 Å². The minimum atomic E-state index is -0.101. The summed E-state index contributed by atoms with van der Waals surface area (Å²) in [5, 5.41) is 0. The van der Waals surface area contributed by atoms with Gasteiger partial charge in [-0.1, -0.05) is 97.1 Å². The molecule has 4 heteroatoms. The lowest BCUT2D eigenvalue weighted by atomic mass is 9.88. The van der Waals surface area contributed by atoms with Crippen LogP contribution in [0.1, 0.15) is 47.4 Å². The second-order valence-corrected chi connectivity index (χ2v) is 14.1. The lowest BCUT2D eigenvalue weighted by Gasteiger charge is -2.36. The van der Waals surface area contributed by atoms with Crippen molar-refractivity contribution in [2.75, 3.05) is 16.4 Å². The summed E-state index contributed by atoms with van der Waals surface area (Å²) >= 11 is 0. The minimum absolute atomic E-state index is 0.101. The van der Waals surface area contributed by atoms with Gasteiger partial charge < -0.3 is 19.3 Å². The Bertz CT molecular complexity index is 2340. The Morgan fingerprint density at radius 3 is 2.42 bits per heavy atom. The summed E-state index contributed by atoms with van der Waals surface area (Å²) in [4.78, 5) is 4.87. The van der Waals surface area contributed by atoms with E-state index in [0.717, 1.165) is 60.7 Å². The van der Waals surface area contributed by atoms with E-state index in [4.69, 9.17) is 9.47 Å². The Morgan fingerprint density at radius 1 is 0.673 bits per heavy atom. The first-order chi connectivity index (χ1) is 25.8. The van der Waals surface area contributed by atoms with Gasteiger partial charge in [-0.2, -0.15) is 0 Å². The fourth-order valence-corrected chi connectivity index (χ4v) is 8.59. The van der Waals surface area contributed by atoms with Gasteiger partial charge in [0.15, 0.2) is 0 Å². The normalized spacial score (nSPS) is 19.3. The summed E-state index contributed by atoms with van der Waals surface area (Å²) in [5.41, 5.74) is 14.8. The van der Waals surface area contributed by atoms with Crippen LogP contribution in [-0.4, -0.2) is 12.7 Å². The van der Waals surface area contributed by atoms with E-state index in [1.807, 2.05) is 0 Å². The first-order valence-electron chi connectivity index (χ1n) is 18.6. The molecule has 0 amide bonds. The quantitative estimate of drug-likeness (QED) is 0.185. The number of rotatable bonds is 5. The van der Waals surface area contributed by atoms with Crippen molar-refractivity contribution >= 4 is 28.8 Å². The zero-order valence-electron chi connectivity index (χ0n) is 29.1. The van der Waals surface area contributed by atoms with Crippen molar-refractivity contribution in [3.63, 3.8) is 0 Å². The highest BCUT2D eigenvalue weighted by atomic mass is 16.5. The molecule has 4 nitrogen and oxygen atoms in total. The monoisotopic (exact) mass is 676 g/mol. The summed E-state index contributed by atoms with van der Waals surface area (Å²) in [6, 6.07) is 39.7. The molecule has 5 aromatic rings. The van der Waals surface area contributed by atoms with E-state index < -0.39 is 0 Å². The van der Waals surface area contributed by atoms with E-state index in [-0.39, 0.29) is 12.0 Å². The van der Waals surface area contributed by atoms with Crippen molar-refractivity contribution in [3.05, 3.63) is 185 Å². The van der Waals surface area contributed by atoms with Crippen LogP contribution in [0, 0.1) is 0 Å². The van der Waals surface area contributed by atoms with Gasteiger partial charge in [0.1, 0.15) is 17.6 Å². The second kappa shape index (κ2) is 13.0. The molecule has 2 aliphatic heterocycles. The molecular weight excluding hydrogens is 637 g/mol. The van der Waals surface area contributed by atoms with E-state index in [1.165, 1.54) is 50.5 Å². The fourth-order valence-electron chi connectivity index (χ4n) is 8.59. The molecule has 0 saturated heterocycles. The smallest absolute Gasteiger partial charge is 0.149 e. The molecule has 2 atom stereocenters. The van der Waals surface area contributed by atoms with E-state index in [2.05, 4.69) is 168 Å². The number of anilines is 4. The van der Waals surface area contributed by atoms with Crippen molar-refractivity contribution in [1.82, 2.24) is 0 Å². The number of ether oxygens (including phenoxy) is 2. The topological polar surface area (TPSA) is 24.9 Å². The average Bonchev–Trinajstić information content (AvgIpc) is 3.59. The zero-order chi connectivity index (χ0) is 34.4. The standard InChI is InChI=1S/C48H40N2O2/c1-2-14-37(15-3-1)49-42-29-26-35(32-36(42)30-31-51-47-23-9-7-19-44(47)49)33-24-27-38(28-25-33)50(43-20-10-13-34-12-4-5-16-39(34)43)45-21-11-18-41-40-17-6-8-22-46(40)52-48(41)45/h1-2,4,6-14,17-29,32,41,48H,3,5,15-16,30-31H2. The fraction of sp³-hybridized carbons (Fsp3) is 0.167.